The van der Waals surface area contributed by atoms with E-state index in [1.165, 1.54) is 18.3 Å². The van der Waals surface area contributed by atoms with Crippen molar-refractivity contribution in [1.82, 2.24) is 25.2 Å². The zero-order valence-electron chi connectivity index (χ0n) is 23.4. The largest absolute Gasteiger partial charge is 0.461 e. The van der Waals surface area contributed by atoms with E-state index in [-0.39, 0.29) is 51.0 Å². The number of H-pyrrole nitrogens is 1. The first-order chi connectivity index (χ1) is 20.7. The zero-order valence-corrected chi connectivity index (χ0v) is 23.4. The lowest BCUT2D eigenvalue weighted by molar-refractivity contribution is -0.136. The quantitative estimate of drug-likeness (QED) is 0.274. The van der Waals surface area contributed by atoms with E-state index in [2.05, 4.69) is 20.2 Å². The van der Waals surface area contributed by atoms with Gasteiger partial charge in [-0.1, -0.05) is 6.07 Å². The second-order valence-electron chi connectivity index (χ2n) is 12.5. The second kappa shape index (κ2) is 9.75. The first-order valence-corrected chi connectivity index (χ1v) is 15.0. The molecule has 2 aromatic carbocycles. The van der Waals surface area contributed by atoms with Crippen LogP contribution in [0.25, 0.3) is 32.9 Å². The number of alkyl halides is 3. The highest BCUT2D eigenvalue weighted by atomic mass is 19.4. The summed E-state index contributed by atoms with van der Waals surface area (Å²) in [6.07, 6.45) is 2.67. The molecular weight excluding hydrogens is 567 g/mol. The summed E-state index contributed by atoms with van der Waals surface area (Å²) in [5.41, 5.74) is -1.90. The maximum atomic E-state index is 16.6. The minimum Gasteiger partial charge on any atom is -0.461 e. The van der Waals surface area contributed by atoms with E-state index in [9.17, 15) is 13.2 Å². The van der Waals surface area contributed by atoms with Gasteiger partial charge in [-0.2, -0.15) is 23.1 Å². The Morgan fingerprint density at radius 2 is 1.77 bits per heavy atom. The highest BCUT2D eigenvalue weighted by molar-refractivity contribution is 6.02. The Hall–Kier alpha value is -3.51. The summed E-state index contributed by atoms with van der Waals surface area (Å²) in [5, 5.41) is 3.44. The fraction of sp³-hybridized carbons (Fsp3) is 0.484. The molecule has 8 rings (SSSR count). The topological polar surface area (TPSA) is 69.3 Å². The van der Waals surface area contributed by atoms with Crippen molar-refractivity contribution >= 4 is 27.6 Å². The third-order valence-corrected chi connectivity index (χ3v) is 9.92. The normalized spacial score (nSPS) is 23.5. The summed E-state index contributed by atoms with van der Waals surface area (Å²) in [7, 11) is 0. The highest BCUT2D eigenvalue weighted by Crippen LogP contribution is 2.44. The Labute approximate surface area is 244 Å². The van der Waals surface area contributed by atoms with E-state index in [4.69, 9.17) is 9.72 Å². The predicted molar refractivity (Wildman–Crippen MR) is 152 cm³/mol. The number of nitrogens with one attached hydrogen (secondary N) is 2. The van der Waals surface area contributed by atoms with Gasteiger partial charge in [0, 0.05) is 53.2 Å². The molecule has 2 bridgehead atoms. The number of anilines is 1. The van der Waals surface area contributed by atoms with E-state index in [1.807, 2.05) is 4.90 Å². The molecule has 2 atom stereocenters. The molecule has 0 spiro atoms. The Morgan fingerprint density at radius 1 is 1.02 bits per heavy atom. The number of fused-ring (bicyclic) bond motifs is 5. The van der Waals surface area contributed by atoms with Crippen LogP contribution in [0, 0.1) is 11.6 Å². The van der Waals surface area contributed by atoms with Crippen LogP contribution in [0.2, 0.25) is 0 Å². The van der Waals surface area contributed by atoms with Gasteiger partial charge >= 0.3 is 12.2 Å². The molecule has 4 fully saturated rings. The summed E-state index contributed by atoms with van der Waals surface area (Å²) in [6.45, 7) is 3.61. The van der Waals surface area contributed by atoms with Gasteiger partial charge in [-0.05, 0) is 69.8 Å². The van der Waals surface area contributed by atoms with Gasteiger partial charge in [0.2, 0.25) is 0 Å². The van der Waals surface area contributed by atoms with E-state index >= 15 is 8.78 Å². The second-order valence-corrected chi connectivity index (χ2v) is 12.5. The van der Waals surface area contributed by atoms with Gasteiger partial charge < -0.3 is 19.9 Å². The van der Waals surface area contributed by atoms with Crippen molar-refractivity contribution < 1.29 is 26.7 Å². The maximum absolute atomic E-state index is 16.6. The molecule has 0 radical (unpaired) electrons. The molecule has 2 N–H and O–H groups in total. The Bertz CT molecular complexity index is 1720. The molecule has 0 unspecified atom stereocenters. The van der Waals surface area contributed by atoms with Gasteiger partial charge in [0.25, 0.3) is 0 Å². The number of hydrogen-bond donors (Lipinski definition) is 2. The lowest BCUT2D eigenvalue weighted by Crippen LogP contribution is -2.51. The third kappa shape index (κ3) is 4.35. The Kier molecular flexibility index (Phi) is 6.14. The predicted octanol–water partition coefficient (Wildman–Crippen LogP) is 6.02. The lowest BCUT2D eigenvalue weighted by Gasteiger charge is -2.34. The van der Waals surface area contributed by atoms with Crippen LogP contribution in [0.5, 0.6) is 6.01 Å². The van der Waals surface area contributed by atoms with Crippen molar-refractivity contribution in [1.29, 1.82) is 0 Å². The molecule has 0 amide bonds. The SMILES string of the molecule is Fc1cc2c(N3C[C@H]4CC[C@@H](C3)N4)nc(OCC34CCCN3CCC4)nc2c(F)c1-c1c[nH]c2cccc(C(F)(F)F)c12. The van der Waals surface area contributed by atoms with E-state index in [0.29, 0.717) is 25.5 Å². The van der Waals surface area contributed by atoms with E-state index in [0.717, 1.165) is 63.7 Å². The molecule has 4 aliphatic rings. The first kappa shape index (κ1) is 27.1. The van der Waals surface area contributed by atoms with Crippen LogP contribution in [0.15, 0.2) is 30.5 Å². The molecule has 6 heterocycles. The number of benzene rings is 2. The van der Waals surface area contributed by atoms with Crippen LogP contribution < -0.4 is 15.0 Å². The monoisotopic (exact) mass is 598 g/mol. The number of rotatable bonds is 5. The van der Waals surface area contributed by atoms with Gasteiger partial charge in [-0.15, -0.1) is 0 Å². The van der Waals surface area contributed by atoms with Gasteiger partial charge in [-0.25, -0.2) is 8.78 Å². The summed E-state index contributed by atoms with van der Waals surface area (Å²) in [4.78, 5) is 16.4. The molecular formula is C31H31F5N6O. The van der Waals surface area contributed by atoms with Crippen molar-refractivity contribution in [2.75, 3.05) is 37.7 Å². The smallest absolute Gasteiger partial charge is 0.417 e. The summed E-state index contributed by atoms with van der Waals surface area (Å²) < 4.78 is 80.7. The lowest BCUT2D eigenvalue weighted by atomic mass is 9.95. The van der Waals surface area contributed by atoms with Crippen molar-refractivity contribution in [2.45, 2.75) is 62.3 Å². The zero-order chi connectivity index (χ0) is 29.5. The molecule has 7 nitrogen and oxygen atoms in total. The fourth-order valence-corrected chi connectivity index (χ4v) is 7.96. The van der Waals surface area contributed by atoms with Crippen LogP contribution in [-0.2, 0) is 6.18 Å². The van der Waals surface area contributed by atoms with E-state index < -0.39 is 28.9 Å². The molecule has 4 aromatic rings. The molecule has 2 aromatic heterocycles. The average molecular weight is 599 g/mol. The van der Waals surface area contributed by atoms with Crippen LogP contribution in [0.3, 0.4) is 0 Å². The van der Waals surface area contributed by atoms with Crippen LogP contribution >= 0.6 is 0 Å². The van der Waals surface area contributed by atoms with Crippen molar-refractivity contribution in [2.24, 2.45) is 0 Å². The fourth-order valence-electron chi connectivity index (χ4n) is 7.96. The number of aromatic amines is 1. The van der Waals surface area contributed by atoms with Crippen LogP contribution in [0.4, 0.5) is 27.8 Å². The maximum Gasteiger partial charge on any atom is 0.417 e. The van der Waals surface area contributed by atoms with Crippen LogP contribution in [0.1, 0.15) is 44.1 Å². The molecule has 4 saturated heterocycles. The van der Waals surface area contributed by atoms with Gasteiger partial charge in [0.1, 0.15) is 23.8 Å². The van der Waals surface area contributed by atoms with Crippen molar-refractivity contribution in [3.05, 3.63) is 47.7 Å². The third-order valence-electron chi connectivity index (χ3n) is 9.92. The molecule has 0 saturated carbocycles. The number of aromatic nitrogens is 3. The number of ether oxygens (including phenoxy) is 1. The number of hydrogen-bond acceptors (Lipinski definition) is 6. The molecule has 4 aliphatic heterocycles. The first-order valence-electron chi connectivity index (χ1n) is 15.0. The minimum atomic E-state index is -4.72. The Morgan fingerprint density at radius 3 is 2.49 bits per heavy atom. The summed E-state index contributed by atoms with van der Waals surface area (Å²) in [5.74, 6) is -1.64. The molecule has 12 heteroatoms. The summed E-state index contributed by atoms with van der Waals surface area (Å²) >= 11 is 0. The highest BCUT2D eigenvalue weighted by Gasteiger charge is 2.45. The number of piperazine rings is 1. The van der Waals surface area contributed by atoms with Gasteiger partial charge in [0.05, 0.1) is 16.7 Å². The Balaban J connectivity index is 1.28. The van der Waals surface area contributed by atoms with E-state index in [1.54, 1.807) is 0 Å². The number of halogens is 5. The van der Waals surface area contributed by atoms with Gasteiger partial charge in [-0.3, -0.25) is 4.90 Å². The molecule has 0 aliphatic carbocycles. The summed E-state index contributed by atoms with van der Waals surface area (Å²) in [6, 6.07) is 5.24. The molecule has 43 heavy (non-hydrogen) atoms. The van der Waals surface area contributed by atoms with Crippen LogP contribution in [-0.4, -0.2) is 70.3 Å². The van der Waals surface area contributed by atoms with Gasteiger partial charge in [0.15, 0.2) is 5.82 Å². The standard InChI is InChI=1S/C31H31F5N6O/c32-22-12-19-27(26(33)25(22)20-13-37-23-5-1-4-21(24(20)23)31(34,35)36)39-29(43-16-30-8-2-10-42(30)11-3-9-30)40-28(19)41-14-17-6-7-18(15-41)38-17/h1,4-5,12-13,17-18,37-38H,2-3,6-11,14-16H2/t17-,18+. The molecule has 226 valence electrons. The van der Waals surface area contributed by atoms with Crippen molar-refractivity contribution in [3.8, 4) is 17.1 Å². The average Bonchev–Trinajstić information content (AvgIpc) is 3.75. The minimum absolute atomic E-state index is 0.00660. The number of nitrogens with zero attached hydrogens (tertiary/aromatic N) is 4. The van der Waals surface area contributed by atoms with Crippen molar-refractivity contribution in [3.63, 3.8) is 0 Å².